The number of aryl methyl sites for hydroxylation is 1. The van der Waals surface area contributed by atoms with Gasteiger partial charge in [-0.3, -0.25) is 0 Å². The molecule has 0 N–H and O–H groups in total. The number of aromatic nitrogens is 1. The Kier molecular flexibility index (Phi) is 12.4. The Morgan fingerprint density at radius 3 is 1.23 bits per heavy atom. The maximum Gasteiger partial charge on any atom is 0.0541 e. The monoisotopic (exact) mass is 689 g/mol. The van der Waals surface area contributed by atoms with Gasteiger partial charge >= 0.3 is 0 Å². The first kappa shape index (κ1) is 32.0. The van der Waals surface area contributed by atoms with Crippen molar-refractivity contribution in [3.63, 3.8) is 0 Å². The Labute approximate surface area is 273 Å². The van der Waals surface area contributed by atoms with E-state index >= 15 is 0 Å². The number of rotatable bonds is 1. The average Bonchev–Trinajstić information content (AvgIpc) is 3.64. The summed E-state index contributed by atoms with van der Waals surface area (Å²) in [6, 6.07) is 55.2. The Bertz CT molecular complexity index is 1740. The first-order chi connectivity index (χ1) is 21.3. The summed E-state index contributed by atoms with van der Waals surface area (Å²) in [4.78, 5) is 0. The highest BCUT2D eigenvalue weighted by Crippen LogP contribution is 2.35. The molecule has 6 aromatic carbocycles. The van der Waals surface area contributed by atoms with Crippen molar-refractivity contribution in [2.24, 2.45) is 0 Å². The molecule has 0 atom stereocenters. The summed E-state index contributed by atoms with van der Waals surface area (Å²) in [6.45, 7) is 2.08. The summed E-state index contributed by atoms with van der Waals surface area (Å²) < 4.78 is 2.32. The van der Waals surface area contributed by atoms with Crippen LogP contribution in [0, 0.1) is 6.92 Å². The molecular weight excluding hydrogens is 654 g/mol. The van der Waals surface area contributed by atoms with Crippen LogP contribution in [0.1, 0.15) is 16.7 Å². The van der Waals surface area contributed by atoms with Gasteiger partial charge in [0.2, 0.25) is 0 Å². The molecule has 216 valence electrons. The largest absolute Gasteiger partial charge is 0.309 e. The van der Waals surface area contributed by atoms with E-state index in [2.05, 4.69) is 183 Å². The second kappa shape index (κ2) is 16.6. The van der Waals surface area contributed by atoms with Crippen LogP contribution in [0.25, 0.3) is 38.6 Å². The van der Waals surface area contributed by atoms with Crippen LogP contribution >= 0.6 is 31.9 Å². The third kappa shape index (κ3) is 7.73. The van der Waals surface area contributed by atoms with E-state index in [0.29, 0.717) is 0 Å². The summed E-state index contributed by atoms with van der Waals surface area (Å²) >= 11 is 5.88. The van der Waals surface area contributed by atoms with Crippen LogP contribution in [0.3, 0.4) is 0 Å². The fourth-order valence-corrected chi connectivity index (χ4v) is 5.39. The molecule has 8 rings (SSSR count). The zero-order valence-electron chi connectivity index (χ0n) is 24.9. The fourth-order valence-electron chi connectivity index (χ4n) is 5.39. The van der Waals surface area contributed by atoms with E-state index < -0.39 is 0 Å². The third-order valence-electron chi connectivity index (χ3n) is 7.24. The first-order valence-electron chi connectivity index (χ1n) is 14.3. The van der Waals surface area contributed by atoms with E-state index in [-0.39, 0.29) is 0 Å². The summed E-state index contributed by atoms with van der Waals surface area (Å²) in [5, 5.41) is 2.61. The van der Waals surface area contributed by atoms with Crippen molar-refractivity contribution in [1.29, 1.82) is 0 Å². The normalized spacial score (nSPS) is 10.3. The lowest BCUT2D eigenvalue weighted by Crippen LogP contribution is -1.92. The number of halogens is 2. The maximum absolute atomic E-state index is 2.94. The van der Waals surface area contributed by atoms with E-state index in [1.54, 1.807) is 0 Å². The Morgan fingerprint density at radius 1 is 0.419 bits per heavy atom. The predicted molar refractivity (Wildman–Crippen MR) is 196 cm³/mol. The highest BCUT2D eigenvalue weighted by molar-refractivity contribution is 9.09. The number of benzene rings is 6. The molecule has 0 radical (unpaired) electrons. The van der Waals surface area contributed by atoms with Crippen LogP contribution in [-0.2, 0) is 6.42 Å². The summed E-state index contributed by atoms with van der Waals surface area (Å²) in [5.74, 6) is 3.62. The molecule has 1 aliphatic rings. The number of alkyl halides is 2. The summed E-state index contributed by atoms with van der Waals surface area (Å²) in [5.41, 5.74) is 10.8. The molecule has 1 aliphatic carbocycles. The van der Waals surface area contributed by atoms with Crippen LogP contribution in [0.2, 0.25) is 0 Å². The van der Waals surface area contributed by atoms with Crippen LogP contribution in [0.15, 0.2) is 158 Å². The van der Waals surface area contributed by atoms with Gasteiger partial charge in [-0.1, -0.05) is 171 Å². The number of fused-ring (bicyclic) bond motifs is 6. The second-order valence-electron chi connectivity index (χ2n) is 9.85. The molecule has 3 heteroatoms. The van der Waals surface area contributed by atoms with Crippen LogP contribution < -0.4 is 0 Å². The van der Waals surface area contributed by atoms with Crippen molar-refractivity contribution in [2.75, 3.05) is 11.7 Å². The van der Waals surface area contributed by atoms with Crippen molar-refractivity contribution in [1.82, 2.24) is 4.57 Å². The first-order valence-corrected chi connectivity index (χ1v) is 17.4. The highest BCUT2D eigenvalue weighted by atomic mass is 79.9. The molecule has 1 nitrogen and oxygen atoms in total. The molecule has 0 amide bonds. The minimum absolute atomic E-state index is 1.10. The zero-order valence-corrected chi connectivity index (χ0v) is 28.1. The molecule has 1 aromatic heterocycles. The molecule has 1 heterocycles. The van der Waals surface area contributed by atoms with Gasteiger partial charge < -0.3 is 4.57 Å². The van der Waals surface area contributed by atoms with Gasteiger partial charge in [0.1, 0.15) is 0 Å². The van der Waals surface area contributed by atoms with E-state index in [4.69, 9.17) is 0 Å². The van der Waals surface area contributed by atoms with E-state index in [0.717, 1.165) is 6.42 Å². The molecule has 0 saturated carbocycles. The lowest BCUT2D eigenvalue weighted by molar-refractivity contribution is 1.18. The van der Waals surface area contributed by atoms with E-state index in [1.807, 2.05) is 29.9 Å². The van der Waals surface area contributed by atoms with Gasteiger partial charge in [-0.15, -0.1) is 0 Å². The molecule has 0 aliphatic heterocycles. The molecule has 7 aromatic rings. The molecule has 0 fully saturated rings. The molecular formula is C40H37Br2N. The fraction of sp³-hybridized carbons (Fsp3) is 0.100. The quantitative estimate of drug-likeness (QED) is 0.151. The van der Waals surface area contributed by atoms with Gasteiger partial charge in [0.15, 0.2) is 0 Å². The molecule has 0 unspecified atom stereocenters. The highest BCUT2D eigenvalue weighted by Gasteiger charge is 2.16. The van der Waals surface area contributed by atoms with Crippen LogP contribution in [-0.4, -0.2) is 16.2 Å². The summed E-state index contributed by atoms with van der Waals surface area (Å²) in [6.07, 6.45) is 1.10. The van der Waals surface area contributed by atoms with Gasteiger partial charge in [-0.25, -0.2) is 0 Å². The minimum Gasteiger partial charge on any atom is -0.309 e. The zero-order chi connectivity index (χ0) is 30.4. The number of nitrogens with zero attached hydrogens (tertiary/aromatic N) is 1. The second-order valence-corrected chi connectivity index (χ2v) is 9.85. The summed E-state index contributed by atoms with van der Waals surface area (Å²) in [7, 11) is 0. The predicted octanol–water partition coefficient (Wildman–Crippen LogP) is 12.1. The molecule has 43 heavy (non-hydrogen) atoms. The van der Waals surface area contributed by atoms with Crippen LogP contribution in [0.5, 0.6) is 0 Å². The molecule has 0 saturated heterocycles. The van der Waals surface area contributed by atoms with Gasteiger partial charge in [-0.2, -0.15) is 0 Å². The van der Waals surface area contributed by atoms with Crippen molar-refractivity contribution >= 4 is 53.7 Å². The number of hydrogen-bond acceptors (Lipinski definition) is 0. The van der Waals surface area contributed by atoms with Gasteiger partial charge in [-0.05, 0) is 71.5 Å². The minimum atomic E-state index is 1.10. The SMILES string of the molecule is CBr.CBr.Cc1ccccc1.c1ccc(-n2c3ccccc3c3ccccc32)cc1.c1ccc2c(c1)Cc1ccccc1-2. The topological polar surface area (TPSA) is 4.93 Å². The van der Waals surface area contributed by atoms with Gasteiger partial charge in [0.25, 0.3) is 0 Å². The standard InChI is InChI=1S/C18H13N.C13H10.C7H8.2CH3Br/c1-2-8-14(9-3-1)19-17-12-6-4-10-15(17)16-11-5-7-13-18(16)19;1-3-7-12-10(5-1)9-11-6-2-4-8-13(11)12;1-7-5-3-2-4-6-7;2*1-2/h1-13H;1-8H,9H2;2-6H,1H3;2*1H3. The van der Waals surface area contributed by atoms with Crippen molar-refractivity contribution in [2.45, 2.75) is 13.3 Å². The Morgan fingerprint density at radius 2 is 0.791 bits per heavy atom. The number of hydrogen-bond donors (Lipinski definition) is 0. The molecule has 0 bridgehead atoms. The lowest BCUT2D eigenvalue weighted by atomic mass is 10.1. The van der Waals surface area contributed by atoms with Gasteiger partial charge in [0.05, 0.1) is 11.0 Å². The van der Waals surface area contributed by atoms with E-state index in [9.17, 15) is 0 Å². The Hall–Kier alpha value is -3.92. The van der Waals surface area contributed by atoms with Gasteiger partial charge in [0, 0.05) is 16.5 Å². The lowest BCUT2D eigenvalue weighted by Gasteiger charge is -2.06. The Balaban J connectivity index is 0.000000153. The van der Waals surface area contributed by atoms with Crippen LogP contribution in [0.4, 0.5) is 0 Å². The van der Waals surface area contributed by atoms with Crippen molar-refractivity contribution < 1.29 is 0 Å². The third-order valence-corrected chi connectivity index (χ3v) is 7.24. The smallest absolute Gasteiger partial charge is 0.0541 e. The molecule has 0 spiro atoms. The average molecular weight is 692 g/mol. The van der Waals surface area contributed by atoms with Crippen molar-refractivity contribution in [3.05, 3.63) is 174 Å². The number of para-hydroxylation sites is 3. The maximum atomic E-state index is 2.94. The van der Waals surface area contributed by atoms with E-state index in [1.165, 1.54) is 55.3 Å². The van der Waals surface area contributed by atoms with Crippen molar-refractivity contribution in [3.8, 4) is 16.8 Å².